The third-order valence-corrected chi connectivity index (χ3v) is 4.90. The normalized spacial score (nSPS) is 17.4. The van der Waals surface area contributed by atoms with E-state index in [0.29, 0.717) is 18.3 Å². The molecule has 2 aromatic rings. The van der Waals surface area contributed by atoms with Crippen LogP contribution in [0.3, 0.4) is 0 Å². The summed E-state index contributed by atoms with van der Waals surface area (Å²) in [5, 5.41) is 8.94. The Morgan fingerprint density at radius 1 is 1.41 bits per heavy atom. The Morgan fingerprint density at radius 2 is 2.26 bits per heavy atom. The molecule has 1 aromatic carbocycles. The number of likely N-dealkylation sites (N-methyl/N-ethyl adjacent to an activating group) is 2. The molecule has 7 heteroatoms. The lowest BCUT2D eigenvalue weighted by Gasteiger charge is -2.26. The van der Waals surface area contributed by atoms with Crippen LogP contribution < -0.4 is 4.74 Å². The molecule has 1 aliphatic heterocycles. The summed E-state index contributed by atoms with van der Waals surface area (Å²) >= 11 is 0. The molecule has 0 unspecified atom stereocenters. The minimum atomic E-state index is -0.986. The molecule has 0 aliphatic carbocycles. The van der Waals surface area contributed by atoms with E-state index in [0.717, 1.165) is 29.9 Å². The highest BCUT2D eigenvalue weighted by Crippen LogP contribution is 2.27. The number of ether oxygens (including phenoxy) is 1. The van der Waals surface area contributed by atoms with Crippen LogP contribution in [0.2, 0.25) is 0 Å². The predicted molar refractivity (Wildman–Crippen MR) is 103 cm³/mol. The lowest BCUT2D eigenvalue weighted by atomic mass is 10.1. The monoisotopic (exact) mass is 370 g/mol. The minimum absolute atomic E-state index is 0.355. The van der Waals surface area contributed by atoms with Crippen molar-refractivity contribution in [2.45, 2.75) is 25.4 Å². The van der Waals surface area contributed by atoms with E-state index in [1.807, 2.05) is 18.2 Å². The van der Waals surface area contributed by atoms with Crippen LogP contribution >= 0.6 is 0 Å². The van der Waals surface area contributed by atoms with Crippen molar-refractivity contribution in [1.82, 2.24) is 19.8 Å². The van der Waals surface area contributed by atoms with Gasteiger partial charge in [-0.05, 0) is 51.7 Å². The maximum absolute atomic E-state index is 10.9. The zero-order valence-corrected chi connectivity index (χ0v) is 15.8. The lowest BCUT2D eigenvalue weighted by molar-refractivity contribution is -0.139. The smallest absolute Gasteiger partial charge is 0.341 e. The van der Waals surface area contributed by atoms with Crippen molar-refractivity contribution in [2.24, 2.45) is 0 Å². The standard InChI is InChI=1S/C20H26N4O3/c1-23(13-17-4-3-9-24(17)2)12-16-10-15(18-11-21-7-8-22-18)5-6-19(16)27-14-20(25)26/h5-8,10-11,17H,3-4,9,12-14H2,1-2H3,(H,25,26)/t17-/m1/s1. The molecule has 0 amide bonds. The highest BCUT2D eigenvalue weighted by Gasteiger charge is 2.22. The summed E-state index contributed by atoms with van der Waals surface area (Å²) < 4.78 is 5.51. The molecule has 0 radical (unpaired) electrons. The highest BCUT2D eigenvalue weighted by atomic mass is 16.5. The zero-order chi connectivity index (χ0) is 19.2. The summed E-state index contributed by atoms with van der Waals surface area (Å²) in [5.41, 5.74) is 2.66. The average Bonchev–Trinajstić information content (AvgIpc) is 3.05. The van der Waals surface area contributed by atoms with E-state index in [-0.39, 0.29) is 6.61 Å². The molecule has 144 valence electrons. The molecule has 1 aromatic heterocycles. The van der Waals surface area contributed by atoms with Gasteiger partial charge >= 0.3 is 5.97 Å². The zero-order valence-electron chi connectivity index (χ0n) is 15.8. The van der Waals surface area contributed by atoms with Crippen molar-refractivity contribution in [3.05, 3.63) is 42.4 Å². The van der Waals surface area contributed by atoms with Crippen molar-refractivity contribution < 1.29 is 14.6 Å². The quantitative estimate of drug-likeness (QED) is 0.762. The van der Waals surface area contributed by atoms with Crippen molar-refractivity contribution in [3.63, 3.8) is 0 Å². The number of aromatic nitrogens is 2. The van der Waals surface area contributed by atoms with E-state index < -0.39 is 5.97 Å². The second-order valence-corrected chi connectivity index (χ2v) is 7.07. The maximum Gasteiger partial charge on any atom is 0.341 e. The van der Waals surface area contributed by atoms with Gasteiger partial charge in [0.05, 0.1) is 11.9 Å². The molecule has 1 N–H and O–H groups in total. The van der Waals surface area contributed by atoms with E-state index >= 15 is 0 Å². The molecular formula is C20H26N4O3. The Labute approximate surface area is 159 Å². The molecule has 0 spiro atoms. The van der Waals surface area contributed by atoms with Crippen molar-refractivity contribution in [1.29, 1.82) is 0 Å². The maximum atomic E-state index is 10.9. The van der Waals surface area contributed by atoms with Gasteiger partial charge in [-0.15, -0.1) is 0 Å². The van der Waals surface area contributed by atoms with Crippen LogP contribution in [0.1, 0.15) is 18.4 Å². The highest BCUT2D eigenvalue weighted by molar-refractivity contribution is 5.69. The second kappa shape index (κ2) is 8.92. The third-order valence-electron chi connectivity index (χ3n) is 4.90. The van der Waals surface area contributed by atoms with Gasteiger partial charge in [-0.25, -0.2) is 4.79 Å². The van der Waals surface area contributed by atoms with Crippen LogP contribution in [0.5, 0.6) is 5.75 Å². The number of carbonyl (C=O) groups is 1. The fourth-order valence-electron chi connectivity index (χ4n) is 3.52. The number of hydrogen-bond acceptors (Lipinski definition) is 6. The largest absolute Gasteiger partial charge is 0.482 e. The van der Waals surface area contributed by atoms with Gasteiger partial charge in [-0.1, -0.05) is 0 Å². The number of benzene rings is 1. The Kier molecular flexibility index (Phi) is 6.36. The SMILES string of the molecule is CN(Cc1cc(-c2cnccn2)ccc1OCC(=O)O)C[C@H]1CCCN1C. The summed E-state index contributed by atoms with van der Waals surface area (Å²) in [5.74, 6) is -0.392. The van der Waals surface area contributed by atoms with Crippen molar-refractivity contribution >= 4 is 5.97 Å². The third kappa shape index (κ3) is 5.24. The van der Waals surface area contributed by atoms with Gasteiger partial charge in [0.1, 0.15) is 5.75 Å². The van der Waals surface area contributed by atoms with Crippen LogP contribution in [0.4, 0.5) is 0 Å². The molecule has 27 heavy (non-hydrogen) atoms. The fourth-order valence-corrected chi connectivity index (χ4v) is 3.52. The second-order valence-electron chi connectivity index (χ2n) is 7.07. The number of carboxylic acid groups (broad SMARTS) is 1. The first-order chi connectivity index (χ1) is 13.0. The van der Waals surface area contributed by atoms with Gasteiger partial charge in [-0.2, -0.15) is 0 Å². The summed E-state index contributed by atoms with van der Waals surface area (Å²) in [6.45, 7) is 2.43. The van der Waals surface area contributed by atoms with E-state index in [9.17, 15) is 4.79 Å². The van der Waals surface area contributed by atoms with E-state index in [1.165, 1.54) is 12.8 Å². The molecular weight excluding hydrogens is 344 g/mol. The summed E-state index contributed by atoms with van der Waals surface area (Å²) in [6.07, 6.45) is 7.47. The first-order valence-electron chi connectivity index (χ1n) is 9.15. The first kappa shape index (κ1) is 19.3. The molecule has 0 bridgehead atoms. The number of likely N-dealkylation sites (tertiary alicyclic amines) is 1. The van der Waals surface area contributed by atoms with E-state index in [2.05, 4.69) is 33.9 Å². The van der Waals surface area contributed by atoms with E-state index in [4.69, 9.17) is 9.84 Å². The van der Waals surface area contributed by atoms with Crippen LogP contribution in [-0.2, 0) is 11.3 Å². The van der Waals surface area contributed by atoms with Crippen LogP contribution in [0.15, 0.2) is 36.8 Å². The van der Waals surface area contributed by atoms with Gasteiger partial charge in [0.15, 0.2) is 6.61 Å². The van der Waals surface area contributed by atoms with Gasteiger partial charge in [0, 0.05) is 42.7 Å². The summed E-state index contributed by atoms with van der Waals surface area (Å²) in [7, 11) is 4.25. The van der Waals surface area contributed by atoms with Crippen molar-refractivity contribution in [2.75, 3.05) is 33.8 Å². The summed E-state index contributed by atoms with van der Waals surface area (Å²) in [6, 6.07) is 6.27. The summed E-state index contributed by atoms with van der Waals surface area (Å²) in [4.78, 5) is 24.0. The Morgan fingerprint density at radius 3 is 2.93 bits per heavy atom. The molecule has 1 aliphatic rings. The molecule has 7 nitrogen and oxygen atoms in total. The Bertz CT molecular complexity index is 769. The van der Waals surface area contributed by atoms with Gasteiger partial charge < -0.3 is 19.6 Å². The topological polar surface area (TPSA) is 78.8 Å². The fraction of sp³-hybridized carbons (Fsp3) is 0.450. The predicted octanol–water partition coefficient (Wildman–Crippen LogP) is 2.13. The van der Waals surface area contributed by atoms with Crippen LogP contribution in [-0.4, -0.2) is 70.7 Å². The van der Waals surface area contributed by atoms with E-state index in [1.54, 1.807) is 18.6 Å². The molecule has 1 atom stereocenters. The minimum Gasteiger partial charge on any atom is -0.482 e. The molecule has 2 heterocycles. The van der Waals surface area contributed by atoms with Crippen molar-refractivity contribution in [3.8, 4) is 17.0 Å². The van der Waals surface area contributed by atoms with Gasteiger partial charge in [-0.3, -0.25) is 9.97 Å². The molecule has 1 saturated heterocycles. The molecule has 0 saturated carbocycles. The first-order valence-corrected chi connectivity index (χ1v) is 9.15. The number of nitrogens with zero attached hydrogens (tertiary/aromatic N) is 4. The number of hydrogen-bond donors (Lipinski definition) is 1. The average molecular weight is 370 g/mol. The van der Waals surface area contributed by atoms with Gasteiger partial charge in [0.25, 0.3) is 0 Å². The Balaban J connectivity index is 1.79. The number of carboxylic acids is 1. The molecule has 3 rings (SSSR count). The molecule has 1 fully saturated rings. The lowest BCUT2D eigenvalue weighted by Crippen LogP contribution is -2.36. The van der Waals surface area contributed by atoms with Gasteiger partial charge in [0.2, 0.25) is 0 Å². The number of rotatable bonds is 8. The van der Waals surface area contributed by atoms with Crippen LogP contribution in [0, 0.1) is 0 Å². The number of aliphatic carboxylic acids is 1. The van der Waals surface area contributed by atoms with Crippen LogP contribution in [0.25, 0.3) is 11.3 Å². The Hall–Kier alpha value is -2.51.